The summed E-state index contributed by atoms with van der Waals surface area (Å²) in [6, 6.07) is 0. The highest BCUT2D eigenvalue weighted by Gasteiger charge is 2.24. The molecule has 0 radical (unpaired) electrons. The van der Waals surface area contributed by atoms with E-state index in [9.17, 15) is 4.79 Å². The zero-order chi connectivity index (χ0) is 10.6. The van der Waals surface area contributed by atoms with Gasteiger partial charge < -0.3 is 14.4 Å². The summed E-state index contributed by atoms with van der Waals surface area (Å²) in [5.74, 6) is 0. The first-order chi connectivity index (χ1) is 6.57. The predicted octanol–water partition coefficient (Wildman–Crippen LogP) is 1.32. The van der Waals surface area contributed by atoms with Crippen LogP contribution in [0.5, 0.6) is 0 Å². The number of nitrogens with zero attached hydrogens (tertiary/aromatic N) is 1. The van der Waals surface area contributed by atoms with Gasteiger partial charge >= 0.3 is 0 Å². The van der Waals surface area contributed by atoms with Crippen LogP contribution in [0.15, 0.2) is 0 Å². The van der Waals surface area contributed by atoms with Crippen molar-refractivity contribution >= 4 is 6.29 Å². The predicted molar refractivity (Wildman–Crippen MR) is 56.3 cm³/mol. The molecule has 0 spiro atoms. The van der Waals surface area contributed by atoms with Gasteiger partial charge in [0, 0.05) is 32.2 Å². The Morgan fingerprint density at radius 3 is 2.43 bits per heavy atom. The standard InChI is InChI=1S/C11H21NO2/c1-11(2,9-13)8-12-6-4-10(14-3)5-7-12/h9-10H,4-8H2,1-3H3. The molecule has 3 heteroatoms. The number of carbonyl (C=O) groups is 1. The number of hydrogen-bond acceptors (Lipinski definition) is 3. The fraction of sp³-hybridized carbons (Fsp3) is 0.909. The summed E-state index contributed by atoms with van der Waals surface area (Å²) in [5, 5.41) is 0. The van der Waals surface area contributed by atoms with Gasteiger partial charge in [0.2, 0.25) is 0 Å². The molecule has 0 aromatic carbocycles. The van der Waals surface area contributed by atoms with Crippen molar-refractivity contribution in [2.45, 2.75) is 32.8 Å². The number of methoxy groups -OCH3 is 1. The van der Waals surface area contributed by atoms with Crippen molar-refractivity contribution in [2.75, 3.05) is 26.7 Å². The summed E-state index contributed by atoms with van der Waals surface area (Å²) < 4.78 is 5.30. The van der Waals surface area contributed by atoms with Crippen molar-refractivity contribution in [1.29, 1.82) is 0 Å². The first-order valence-electron chi connectivity index (χ1n) is 5.29. The number of piperidine rings is 1. The van der Waals surface area contributed by atoms with Gasteiger partial charge in [-0.2, -0.15) is 0 Å². The Morgan fingerprint density at radius 2 is 2.00 bits per heavy atom. The minimum absolute atomic E-state index is 0.208. The van der Waals surface area contributed by atoms with Crippen LogP contribution >= 0.6 is 0 Å². The van der Waals surface area contributed by atoms with Gasteiger partial charge in [0.1, 0.15) is 6.29 Å². The molecule has 0 amide bonds. The lowest BCUT2D eigenvalue weighted by molar-refractivity contribution is -0.115. The second-order valence-corrected chi connectivity index (χ2v) is 4.82. The zero-order valence-electron chi connectivity index (χ0n) is 9.45. The lowest BCUT2D eigenvalue weighted by atomic mass is 9.94. The van der Waals surface area contributed by atoms with Crippen molar-refractivity contribution in [1.82, 2.24) is 4.90 Å². The van der Waals surface area contributed by atoms with E-state index in [1.807, 2.05) is 13.8 Å². The summed E-state index contributed by atoms with van der Waals surface area (Å²) in [4.78, 5) is 13.1. The first kappa shape index (κ1) is 11.7. The van der Waals surface area contributed by atoms with Gasteiger partial charge in [-0.05, 0) is 12.8 Å². The van der Waals surface area contributed by atoms with Crippen LogP contribution in [0.2, 0.25) is 0 Å². The van der Waals surface area contributed by atoms with E-state index in [1.165, 1.54) is 0 Å². The normalized spacial score (nSPS) is 21.1. The summed E-state index contributed by atoms with van der Waals surface area (Å²) in [6.07, 6.45) is 3.65. The number of aldehydes is 1. The quantitative estimate of drug-likeness (QED) is 0.640. The van der Waals surface area contributed by atoms with Gasteiger partial charge in [-0.25, -0.2) is 0 Å². The third-order valence-corrected chi connectivity index (χ3v) is 2.82. The molecular formula is C11H21NO2. The highest BCUT2D eigenvalue weighted by molar-refractivity contribution is 5.58. The molecule has 0 bridgehead atoms. The van der Waals surface area contributed by atoms with E-state index in [2.05, 4.69) is 4.90 Å². The molecule has 1 rings (SSSR count). The molecule has 1 heterocycles. The second kappa shape index (κ2) is 4.89. The van der Waals surface area contributed by atoms with Crippen LogP contribution in [0.3, 0.4) is 0 Å². The van der Waals surface area contributed by atoms with Gasteiger partial charge in [0.25, 0.3) is 0 Å². The van der Waals surface area contributed by atoms with Gasteiger partial charge in [-0.1, -0.05) is 13.8 Å². The maximum atomic E-state index is 10.8. The molecule has 0 aliphatic carbocycles. The summed E-state index contributed by atoms with van der Waals surface area (Å²) in [5.41, 5.74) is -0.208. The van der Waals surface area contributed by atoms with Crippen LogP contribution in [-0.2, 0) is 9.53 Å². The smallest absolute Gasteiger partial charge is 0.126 e. The summed E-state index contributed by atoms with van der Waals surface area (Å²) in [6.45, 7) is 6.95. The summed E-state index contributed by atoms with van der Waals surface area (Å²) >= 11 is 0. The van der Waals surface area contributed by atoms with Crippen LogP contribution in [0.4, 0.5) is 0 Å². The van der Waals surface area contributed by atoms with Crippen molar-refractivity contribution in [3.63, 3.8) is 0 Å². The van der Waals surface area contributed by atoms with Crippen LogP contribution in [0.1, 0.15) is 26.7 Å². The van der Waals surface area contributed by atoms with Crippen molar-refractivity contribution in [3.05, 3.63) is 0 Å². The minimum Gasteiger partial charge on any atom is -0.381 e. The molecule has 1 aliphatic rings. The Labute approximate surface area is 86.4 Å². The van der Waals surface area contributed by atoms with Gasteiger partial charge in [-0.3, -0.25) is 0 Å². The second-order valence-electron chi connectivity index (χ2n) is 4.82. The molecule has 82 valence electrons. The van der Waals surface area contributed by atoms with E-state index >= 15 is 0 Å². The van der Waals surface area contributed by atoms with E-state index < -0.39 is 0 Å². The monoisotopic (exact) mass is 199 g/mol. The summed E-state index contributed by atoms with van der Waals surface area (Å²) in [7, 11) is 1.77. The Balaban J connectivity index is 2.32. The van der Waals surface area contributed by atoms with E-state index in [1.54, 1.807) is 7.11 Å². The molecule has 0 aromatic heterocycles. The number of ether oxygens (including phenoxy) is 1. The van der Waals surface area contributed by atoms with E-state index in [-0.39, 0.29) is 5.41 Å². The lowest BCUT2D eigenvalue weighted by Crippen LogP contribution is -2.42. The Morgan fingerprint density at radius 1 is 1.43 bits per heavy atom. The van der Waals surface area contributed by atoms with Gasteiger partial charge in [-0.15, -0.1) is 0 Å². The molecular weight excluding hydrogens is 178 g/mol. The largest absolute Gasteiger partial charge is 0.381 e. The van der Waals surface area contributed by atoms with Crippen molar-refractivity contribution < 1.29 is 9.53 Å². The van der Waals surface area contributed by atoms with E-state index in [0.717, 1.165) is 38.8 Å². The maximum absolute atomic E-state index is 10.8. The van der Waals surface area contributed by atoms with E-state index in [0.29, 0.717) is 6.10 Å². The SMILES string of the molecule is COC1CCN(CC(C)(C)C=O)CC1. The number of hydrogen-bond donors (Lipinski definition) is 0. The molecule has 0 aromatic rings. The van der Waals surface area contributed by atoms with E-state index in [4.69, 9.17) is 4.74 Å². The van der Waals surface area contributed by atoms with Crippen molar-refractivity contribution in [2.24, 2.45) is 5.41 Å². The first-order valence-corrected chi connectivity index (χ1v) is 5.29. The third kappa shape index (κ3) is 3.39. The lowest BCUT2D eigenvalue weighted by Gasteiger charge is -2.34. The molecule has 0 atom stereocenters. The maximum Gasteiger partial charge on any atom is 0.126 e. The van der Waals surface area contributed by atoms with Gasteiger partial charge in [0.05, 0.1) is 6.10 Å². The molecule has 1 fully saturated rings. The molecule has 1 saturated heterocycles. The fourth-order valence-electron chi connectivity index (χ4n) is 1.92. The fourth-order valence-corrected chi connectivity index (χ4v) is 1.92. The molecule has 0 saturated carbocycles. The van der Waals surface area contributed by atoms with Crippen LogP contribution in [-0.4, -0.2) is 44.0 Å². The highest BCUT2D eigenvalue weighted by atomic mass is 16.5. The molecule has 1 aliphatic heterocycles. The zero-order valence-corrected chi connectivity index (χ0v) is 9.45. The number of likely N-dealkylation sites (tertiary alicyclic amines) is 1. The number of carbonyl (C=O) groups excluding carboxylic acids is 1. The van der Waals surface area contributed by atoms with Crippen LogP contribution in [0, 0.1) is 5.41 Å². The Kier molecular flexibility index (Phi) is 4.08. The van der Waals surface area contributed by atoms with Crippen molar-refractivity contribution in [3.8, 4) is 0 Å². The van der Waals surface area contributed by atoms with Gasteiger partial charge in [0.15, 0.2) is 0 Å². The Hall–Kier alpha value is -0.410. The highest BCUT2D eigenvalue weighted by Crippen LogP contribution is 2.18. The third-order valence-electron chi connectivity index (χ3n) is 2.82. The molecule has 0 unspecified atom stereocenters. The van der Waals surface area contributed by atoms with Crippen LogP contribution in [0.25, 0.3) is 0 Å². The average molecular weight is 199 g/mol. The minimum atomic E-state index is -0.208. The average Bonchev–Trinajstić information content (AvgIpc) is 2.19. The molecule has 3 nitrogen and oxygen atoms in total. The topological polar surface area (TPSA) is 29.5 Å². The number of rotatable bonds is 4. The molecule has 14 heavy (non-hydrogen) atoms. The van der Waals surface area contributed by atoms with Crippen LogP contribution < -0.4 is 0 Å². The Bertz CT molecular complexity index is 184. The molecule has 0 N–H and O–H groups in total.